The lowest BCUT2D eigenvalue weighted by Gasteiger charge is -2.10. The third-order valence-corrected chi connectivity index (χ3v) is 3.15. The molecule has 0 saturated heterocycles. The first kappa shape index (κ1) is 12.2. The summed E-state index contributed by atoms with van der Waals surface area (Å²) in [5.74, 6) is 5.85. The number of pyridine rings is 2. The van der Waals surface area contributed by atoms with Gasteiger partial charge in [0, 0.05) is 24.0 Å². The second kappa shape index (κ2) is 5.01. The highest BCUT2D eigenvalue weighted by atomic mass is 16.1. The van der Waals surface area contributed by atoms with Gasteiger partial charge >= 0.3 is 0 Å². The maximum absolute atomic E-state index is 12.0. The van der Waals surface area contributed by atoms with Crippen molar-refractivity contribution >= 4 is 0 Å². The molecule has 0 saturated carbocycles. The molecule has 0 fully saturated rings. The lowest BCUT2D eigenvalue weighted by atomic mass is 10.0. The number of rotatable bonds is 2. The fourth-order valence-corrected chi connectivity index (χ4v) is 2.12. The number of hydrogen-bond acceptors (Lipinski definition) is 3. The van der Waals surface area contributed by atoms with Crippen LogP contribution in [0.25, 0.3) is 22.4 Å². The topological polar surface area (TPSA) is 60.9 Å². The molecule has 98 valence electrons. The zero-order chi connectivity index (χ0) is 13.9. The van der Waals surface area contributed by atoms with Crippen LogP contribution in [0.5, 0.6) is 0 Å². The van der Waals surface area contributed by atoms with Crippen LogP contribution in [0.3, 0.4) is 0 Å². The van der Waals surface area contributed by atoms with Gasteiger partial charge in [-0.15, -0.1) is 0 Å². The van der Waals surface area contributed by atoms with Gasteiger partial charge in [-0.2, -0.15) is 0 Å². The molecule has 0 unspecified atom stereocenters. The van der Waals surface area contributed by atoms with E-state index in [1.54, 1.807) is 12.4 Å². The van der Waals surface area contributed by atoms with Gasteiger partial charge in [0.05, 0.1) is 5.69 Å². The van der Waals surface area contributed by atoms with Gasteiger partial charge in [-0.05, 0) is 29.3 Å². The Morgan fingerprint density at radius 1 is 0.850 bits per heavy atom. The second-order valence-electron chi connectivity index (χ2n) is 4.44. The number of hydrogen-bond donors (Lipinski definition) is 1. The zero-order valence-electron chi connectivity index (χ0n) is 10.7. The van der Waals surface area contributed by atoms with Crippen LogP contribution in [-0.2, 0) is 0 Å². The predicted octanol–water partition coefficient (Wildman–Crippen LogP) is 2.29. The average molecular weight is 263 g/mol. The molecule has 0 spiro atoms. The molecule has 3 rings (SSSR count). The molecule has 0 aliphatic rings. The van der Waals surface area contributed by atoms with Crippen molar-refractivity contribution in [2.75, 3.05) is 5.84 Å². The van der Waals surface area contributed by atoms with Crippen LogP contribution in [0, 0.1) is 0 Å². The fourth-order valence-electron chi connectivity index (χ4n) is 2.12. The summed E-state index contributed by atoms with van der Waals surface area (Å²) in [6.07, 6.45) is 3.40. The van der Waals surface area contributed by atoms with E-state index in [0.717, 1.165) is 16.7 Å². The summed E-state index contributed by atoms with van der Waals surface area (Å²) >= 11 is 0. The standard InChI is InChI=1S/C16H13N3O/c17-19-15(13-4-2-1-3-5-13)10-14(11-16(19)20)12-6-8-18-9-7-12/h1-11H,17H2. The van der Waals surface area contributed by atoms with E-state index in [9.17, 15) is 4.79 Å². The van der Waals surface area contributed by atoms with Crippen LogP contribution in [0.15, 0.2) is 71.8 Å². The summed E-state index contributed by atoms with van der Waals surface area (Å²) < 4.78 is 1.17. The number of nitrogens with zero attached hydrogens (tertiary/aromatic N) is 2. The molecule has 2 N–H and O–H groups in total. The minimum Gasteiger partial charge on any atom is -0.336 e. The molecular formula is C16H13N3O. The summed E-state index contributed by atoms with van der Waals surface area (Å²) in [4.78, 5) is 16.0. The Balaban J connectivity index is 2.22. The minimum absolute atomic E-state index is 0.238. The average Bonchev–Trinajstić information content (AvgIpc) is 2.51. The number of nitrogen functional groups attached to an aromatic ring is 1. The fraction of sp³-hybridized carbons (Fsp3) is 0. The Labute approximate surface area is 116 Å². The number of nitrogens with two attached hydrogens (primary N) is 1. The van der Waals surface area contributed by atoms with E-state index in [1.807, 2.05) is 48.5 Å². The van der Waals surface area contributed by atoms with E-state index >= 15 is 0 Å². The zero-order valence-corrected chi connectivity index (χ0v) is 10.7. The van der Waals surface area contributed by atoms with Gasteiger partial charge in [-0.3, -0.25) is 9.78 Å². The van der Waals surface area contributed by atoms with Crippen LogP contribution < -0.4 is 11.4 Å². The first-order valence-electron chi connectivity index (χ1n) is 6.24. The third kappa shape index (κ3) is 2.19. The highest BCUT2D eigenvalue weighted by molar-refractivity contribution is 5.70. The molecule has 0 radical (unpaired) electrons. The first-order chi connectivity index (χ1) is 9.75. The molecule has 2 aromatic heterocycles. The Morgan fingerprint density at radius 3 is 2.25 bits per heavy atom. The van der Waals surface area contributed by atoms with E-state index < -0.39 is 0 Å². The van der Waals surface area contributed by atoms with Crippen molar-refractivity contribution in [1.29, 1.82) is 0 Å². The molecule has 2 heterocycles. The van der Waals surface area contributed by atoms with Gasteiger partial charge in [0.15, 0.2) is 0 Å². The van der Waals surface area contributed by atoms with Crippen molar-refractivity contribution in [1.82, 2.24) is 9.66 Å². The maximum atomic E-state index is 12.0. The lowest BCUT2D eigenvalue weighted by Crippen LogP contribution is -2.28. The van der Waals surface area contributed by atoms with Gasteiger partial charge in [0.2, 0.25) is 0 Å². The highest BCUT2D eigenvalue weighted by Gasteiger charge is 2.07. The SMILES string of the molecule is Nn1c(-c2ccccc2)cc(-c2ccncc2)cc1=O. The predicted molar refractivity (Wildman–Crippen MR) is 79.5 cm³/mol. The van der Waals surface area contributed by atoms with Gasteiger partial charge in [-0.1, -0.05) is 30.3 Å². The summed E-state index contributed by atoms with van der Waals surface area (Å²) in [5, 5.41) is 0. The van der Waals surface area contributed by atoms with Crippen molar-refractivity contribution in [3.63, 3.8) is 0 Å². The van der Waals surface area contributed by atoms with E-state index in [4.69, 9.17) is 5.84 Å². The summed E-state index contributed by atoms with van der Waals surface area (Å²) in [6, 6.07) is 16.8. The largest absolute Gasteiger partial charge is 0.336 e. The summed E-state index contributed by atoms with van der Waals surface area (Å²) in [6.45, 7) is 0. The second-order valence-corrected chi connectivity index (χ2v) is 4.44. The van der Waals surface area contributed by atoms with Crippen LogP contribution in [0.1, 0.15) is 0 Å². The Kier molecular flexibility index (Phi) is 3.05. The third-order valence-electron chi connectivity index (χ3n) is 3.15. The summed E-state index contributed by atoms with van der Waals surface area (Å²) in [5.41, 5.74) is 3.12. The van der Waals surface area contributed by atoms with Crippen molar-refractivity contribution in [3.05, 3.63) is 77.3 Å². The van der Waals surface area contributed by atoms with E-state index in [0.29, 0.717) is 5.69 Å². The van der Waals surface area contributed by atoms with E-state index in [1.165, 1.54) is 10.7 Å². The smallest absolute Gasteiger partial charge is 0.269 e. The molecule has 4 heteroatoms. The van der Waals surface area contributed by atoms with Crippen molar-refractivity contribution < 1.29 is 0 Å². The molecule has 0 aliphatic heterocycles. The van der Waals surface area contributed by atoms with E-state index in [-0.39, 0.29) is 5.56 Å². The van der Waals surface area contributed by atoms with E-state index in [2.05, 4.69) is 4.98 Å². The summed E-state index contributed by atoms with van der Waals surface area (Å²) in [7, 11) is 0. The molecule has 4 nitrogen and oxygen atoms in total. The quantitative estimate of drug-likeness (QED) is 0.722. The normalized spacial score (nSPS) is 10.4. The van der Waals surface area contributed by atoms with Crippen molar-refractivity contribution in [2.45, 2.75) is 0 Å². The molecule has 3 aromatic rings. The van der Waals surface area contributed by atoms with Crippen LogP contribution in [0.4, 0.5) is 0 Å². The molecule has 0 aliphatic carbocycles. The maximum Gasteiger partial charge on any atom is 0.269 e. The van der Waals surface area contributed by atoms with Crippen molar-refractivity contribution in [3.8, 4) is 22.4 Å². The monoisotopic (exact) mass is 263 g/mol. The Morgan fingerprint density at radius 2 is 1.55 bits per heavy atom. The minimum atomic E-state index is -0.238. The Hall–Kier alpha value is -2.88. The molecule has 0 bridgehead atoms. The molecule has 20 heavy (non-hydrogen) atoms. The molecular weight excluding hydrogens is 250 g/mol. The van der Waals surface area contributed by atoms with Crippen LogP contribution in [-0.4, -0.2) is 9.66 Å². The molecule has 0 amide bonds. The molecule has 1 aromatic carbocycles. The van der Waals surface area contributed by atoms with Gasteiger partial charge in [0.1, 0.15) is 0 Å². The Bertz CT molecular complexity index is 780. The lowest BCUT2D eigenvalue weighted by molar-refractivity contribution is 0.948. The number of benzene rings is 1. The van der Waals surface area contributed by atoms with Gasteiger partial charge < -0.3 is 5.84 Å². The van der Waals surface area contributed by atoms with Gasteiger partial charge in [0.25, 0.3) is 5.56 Å². The van der Waals surface area contributed by atoms with Crippen LogP contribution in [0.2, 0.25) is 0 Å². The highest BCUT2D eigenvalue weighted by Crippen LogP contribution is 2.23. The van der Waals surface area contributed by atoms with Crippen LogP contribution >= 0.6 is 0 Å². The molecule has 0 atom stereocenters. The van der Waals surface area contributed by atoms with Crippen molar-refractivity contribution in [2.24, 2.45) is 0 Å². The number of aromatic nitrogens is 2. The van der Waals surface area contributed by atoms with Gasteiger partial charge in [-0.25, -0.2) is 4.68 Å². The first-order valence-corrected chi connectivity index (χ1v) is 6.24.